The highest BCUT2D eigenvalue weighted by atomic mass is 32.2. The molecule has 0 saturated heterocycles. The van der Waals surface area contributed by atoms with Crippen LogP contribution in [-0.4, -0.2) is 33.7 Å². The van der Waals surface area contributed by atoms with E-state index in [1.54, 1.807) is 30.3 Å². The van der Waals surface area contributed by atoms with Crippen molar-refractivity contribution in [2.24, 2.45) is 5.10 Å². The molecule has 1 amide bonds. The second kappa shape index (κ2) is 9.75. The zero-order valence-electron chi connectivity index (χ0n) is 17.3. The second-order valence-electron chi connectivity index (χ2n) is 7.27. The van der Waals surface area contributed by atoms with Gasteiger partial charge < -0.3 is 4.74 Å². The first-order chi connectivity index (χ1) is 14.4. The summed E-state index contributed by atoms with van der Waals surface area (Å²) in [5.41, 5.74) is 4.63. The number of hydrogen-bond donors (Lipinski definition) is 1. The fourth-order valence-corrected chi connectivity index (χ4v) is 4.84. The van der Waals surface area contributed by atoms with E-state index in [4.69, 9.17) is 4.74 Å². The summed E-state index contributed by atoms with van der Waals surface area (Å²) >= 11 is 0. The van der Waals surface area contributed by atoms with Crippen molar-refractivity contribution < 1.29 is 17.9 Å². The molecule has 7 nitrogen and oxygen atoms in total. The number of hydrogen-bond acceptors (Lipinski definition) is 5. The molecule has 1 saturated carbocycles. The minimum absolute atomic E-state index is 0.0972. The van der Waals surface area contributed by atoms with Crippen LogP contribution in [0.3, 0.4) is 0 Å². The Morgan fingerprint density at radius 3 is 2.47 bits per heavy atom. The Kier molecular flexibility index (Phi) is 7.10. The van der Waals surface area contributed by atoms with Crippen molar-refractivity contribution >= 4 is 27.3 Å². The number of carbonyl (C=O) groups is 1. The third-order valence-electron chi connectivity index (χ3n) is 4.99. The highest BCUT2D eigenvalue weighted by molar-refractivity contribution is 7.92. The number of sulfonamides is 1. The van der Waals surface area contributed by atoms with E-state index in [1.165, 1.54) is 25.7 Å². The van der Waals surface area contributed by atoms with Gasteiger partial charge in [-0.15, -0.1) is 0 Å². The number of amides is 1. The lowest BCUT2D eigenvalue weighted by Gasteiger charge is -2.25. The van der Waals surface area contributed by atoms with Crippen molar-refractivity contribution in [1.29, 1.82) is 0 Å². The summed E-state index contributed by atoms with van der Waals surface area (Å²) in [6.45, 7) is 1.44. The lowest BCUT2D eigenvalue weighted by Crippen LogP contribution is -2.40. The van der Waals surface area contributed by atoms with Crippen molar-refractivity contribution in [2.75, 3.05) is 18.0 Å². The third-order valence-corrected chi connectivity index (χ3v) is 6.76. The third kappa shape index (κ3) is 5.18. The van der Waals surface area contributed by atoms with Gasteiger partial charge in [0.1, 0.15) is 12.3 Å². The summed E-state index contributed by atoms with van der Waals surface area (Å²) < 4.78 is 33.3. The van der Waals surface area contributed by atoms with Crippen molar-refractivity contribution in [3.8, 4) is 5.75 Å². The van der Waals surface area contributed by atoms with Gasteiger partial charge in [0, 0.05) is 5.71 Å². The Balaban J connectivity index is 1.94. The minimum Gasteiger partial charge on any atom is -0.495 e. The van der Waals surface area contributed by atoms with Gasteiger partial charge in [-0.3, -0.25) is 9.10 Å². The van der Waals surface area contributed by atoms with Crippen LogP contribution in [0.1, 0.15) is 37.7 Å². The van der Waals surface area contributed by atoms with Gasteiger partial charge in [-0.1, -0.05) is 30.7 Å². The van der Waals surface area contributed by atoms with Crippen molar-refractivity contribution in [3.63, 3.8) is 0 Å². The average molecular weight is 430 g/mol. The molecule has 0 atom stereocenters. The molecule has 1 aliphatic rings. The van der Waals surface area contributed by atoms with Crippen LogP contribution >= 0.6 is 0 Å². The summed E-state index contributed by atoms with van der Waals surface area (Å²) in [4.78, 5) is 12.8. The number of carbonyl (C=O) groups excluding carboxylic acids is 1. The fraction of sp³-hybridized carbons (Fsp3) is 0.364. The van der Waals surface area contributed by atoms with E-state index in [9.17, 15) is 13.2 Å². The van der Waals surface area contributed by atoms with Gasteiger partial charge in [-0.2, -0.15) is 5.10 Å². The first-order valence-electron chi connectivity index (χ1n) is 9.98. The molecule has 1 fully saturated rings. The largest absolute Gasteiger partial charge is 0.495 e. The zero-order chi connectivity index (χ0) is 21.6. The van der Waals surface area contributed by atoms with Crippen LogP contribution in [-0.2, 0) is 14.8 Å². The Hall–Kier alpha value is -2.87. The van der Waals surface area contributed by atoms with Crippen LogP contribution in [0.5, 0.6) is 5.75 Å². The first-order valence-corrected chi connectivity index (χ1v) is 11.4. The van der Waals surface area contributed by atoms with E-state index in [-0.39, 0.29) is 4.90 Å². The second-order valence-corrected chi connectivity index (χ2v) is 9.14. The molecule has 0 aromatic heterocycles. The minimum atomic E-state index is -4.00. The van der Waals surface area contributed by atoms with Crippen LogP contribution < -0.4 is 14.5 Å². The molecule has 1 N–H and O–H groups in total. The van der Waals surface area contributed by atoms with E-state index in [0.29, 0.717) is 11.4 Å². The molecule has 0 bridgehead atoms. The smallest absolute Gasteiger partial charge is 0.264 e. The van der Waals surface area contributed by atoms with Gasteiger partial charge in [0.25, 0.3) is 15.9 Å². The number of rotatable bonds is 7. The molecular weight excluding hydrogens is 402 g/mol. The molecule has 8 heteroatoms. The summed E-state index contributed by atoms with van der Waals surface area (Å²) in [7, 11) is -2.53. The fourth-order valence-electron chi connectivity index (χ4n) is 3.39. The average Bonchev–Trinajstić information content (AvgIpc) is 2.77. The number of hydrazone groups is 1. The van der Waals surface area contributed by atoms with Crippen molar-refractivity contribution in [2.45, 2.75) is 43.9 Å². The quantitative estimate of drug-likeness (QED) is 0.681. The van der Waals surface area contributed by atoms with E-state index in [1.807, 2.05) is 13.0 Å². The number of aryl methyl sites for hydroxylation is 1. The molecule has 0 heterocycles. The Morgan fingerprint density at radius 1 is 1.10 bits per heavy atom. The van der Waals surface area contributed by atoms with E-state index < -0.39 is 22.5 Å². The molecular formula is C22H27N3O4S. The lowest BCUT2D eigenvalue weighted by molar-refractivity contribution is -0.119. The SMILES string of the molecule is COc1ccc(C)cc1N(CC(=O)NN=C1CCCCC1)S(=O)(=O)c1ccccc1. The summed E-state index contributed by atoms with van der Waals surface area (Å²) in [6, 6.07) is 13.3. The highest BCUT2D eigenvalue weighted by Gasteiger charge is 2.29. The van der Waals surface area contributed by atoms with Gasteiger partial charge >= 0.3 is 0 Å². The molecule has 0 unspecified atom stereocenters. The number of nitrogens with one attached hydrogen (secondary N) is 1. The molecule has 0 radical (unpaired) electrons. The van der Waals surface area contributed by atoms with Crippen LogP contribution in [0.2, 0.25) is 0 Å². The Bertz CT molecular complexity index is 1010. The molecule has 3 rings (SSSR count). The number of ether oxygens (including phenoxy) is 1. The Labute approximate surface area is 177 Å². The van der Waals surface area contributed by atoms with Gasteiger partial charge in [0.15, 0.2) is 0 Å². The number of nitrogens with zero attached hydrogens (tertiary/aromatic N) is 2. The first kappa shape index (κ1) is 21.8. The topological polar surface area (TPSA) is 88.1 Å². The van der Waals surface area contributed by atoms with E-state index in [2.05, 4.69) is 10.5 Å². The van der Waals surface area contributed by atoms with Crippen LogP contribution in [0.15, 0.2) is 58.5 Å². The maximum absolute atomic E-state index is 13.4. The van der Waals surface area contributed by atoms with Gasteiger partial charge in [0.2, 0.25) is 0 Å². The van der Waals surface area contributed by atoms with Crippen LogP contribution in [0, 0.1) is 6.92 Å². The molecule has 30 heavy (non-hydrogen) atoms. The predicted molar refractivity (Wildman–Crippen MR) is 117 cm³/mol. The maximum atomic E-state index is 13.4. The normalized spacial score (nSPS) is 14.1. The van der Waals surface area contributed by atoms with Crippen LogP contribution in [0.25, 0.3) is 0 Å². The predicted octanol–water partition coefficient (Wildman–Crippen LogP) is 3.64. The monoisotopic (exact) mass is 429 g/mol. The molecule has 2 aromatic carbocycles. The van der Waals surface area contributed by atoms with E-state index >= 15 is 0 Å². The molecule has 1 aliphatic carbocycles. The molecule has 0 aliphatic heterocycles. The summed E-state index contributed by atoms with van der Waals surface area (Å²) in [5, 5.41) is 4.21. The molecule has 2 aromatic rings. The molecule has 160 valence electrons. The van der Waals surface area contributed by atoms with Gasteiger partial charge in [-0.05, 0) is 62.4 Å². The summed E-state index contributed by atoms with van der Waals surface area (Å²) in [6.07, 6.45) is 5.01. The number of methoxy groups -OCH3 is 1. The highest BCUT2D eigenvalue weighted by Crippen LogP contribution is 2.33. The zero-order valence-corrected chi connectivity index (χ0v) is 18.1. The van der Waals surface area contributed by atoms with E-state index in [0.717, 1.165) is 41.3 Å². The number of benzene rings is 2. The summed E-state index contributed by atoms with van der Waals surface area (Å²) in [5.74, 6) is -0.136. The number of anilines is 1. The van der Waals surface area contributed by atoms with Gasteiger partial charge in [0.05, 0.1) is 17.7 Å². The maximum Gasteiger partial charge on any atom is 0.264 e. The lowest BCUT2D eigenvalue weighted by atomic mass is 9.99. The van der Waals surface area contributed by atoms with Gasteiger partial charge in [-0.25, -0.2) is 13.8 Å². The van der Waals surface area contributed by atoms with Crippen LogP contribution in [0.4, 0.5) is 5.69 Å². The van der Waals surface area contributed by atoms with Crippen molar-refractivity contribution in [3.05, 3.63) is 54.1 Å². The standard InChI is InChI=1S/C22H27N3O4S/c1-17-13-14-21(29-2)20(15-17)25(30(27,28)19-11-7-4-8-12-19)16-22(26)24-23-18-9-5-3-6-10-18/h4,7-8,11-15H,3,5-6,9-10,16H2,1-2H3,(H,24,26). The van der Waals surface area contributed by atoms with Crippen molar-refractivity contribution in [1.82, 2.24) is 5.43 Å². The Morgan fingerprint density at radius 2 is 1.80 bits per heavy atom. The molecule has 0 spiro atoms.